The van der Waals surface area contributed by atoms with Crippen molar-refractivity contribution in [3.05, 3.63) is 69.6 Å². The van der Waals surface area contributed by atoms with E-state index in [9.17, 15) is 14.4 Å². The Morgan fingerprint density at radius 2 is 1.79 bits per heavy atom. The number of aryl methyl sites for hydroxylation is 3. The largest absolute Gasteiger partial charge is 0.448 e. The Labute approximate surface area is 161 Å². The van der Waals surface area contributed by atoms with Crippen molar-refractivity contribution in [2.24, 2.45) is 7.05 Å². The van der Waals surface area contributed by atoms with E-state index in [0.29, 0.717) is 16.5 Å². The third kappa shape index (κ3) is 3.78. The SMILES string of the molecule is Cc1ccc(C)c(NC(=O)[C@H](C)OC(=O)c2nn(C)c(=O)c3ccccc23)c1. The van der Waals surface area contributed by atoms with Gasteiger partial charge < -0.3 is 10.1 Å². The number of ether oxygens (including phenoxy) is 1. The quantitative estimate of drug-likeness (QED) is 0.704. The molecule has 1 amide bonds. The van der Waals surface area contributed by atoms with Gasteiger partial charge in [0.15, 0.2) is 11.8 Å². The molecule has 2 aromatic carbocycles. The summed E-state index contributed by atoms with van der Waals surface area (Å²) in [6.07, 6.45) is -1.04. The highest BCUT2D eigenvalue weighted by atomic mass is 16.5. The van der Waals surface area contributed by atoms with Gasteiger partial charge in [-0.25, -0.2) is 9.48 Å². The zero-order chi connectivity index (χ0) is 20.4. The van der Waals surface area contributed by atoms with Gasteiger partial charge in [-0.05, 0) is 44.0 Å². The third-order valence-electron chi connectivity index (χ3n) is 4.45. The van der Waals surface area contributed by atoms with E-state index in [4.69, 9.17) is 4.74 Å². The van der Waals surface area contributed by atoms with Gasteiger partial charge in [-0.15, -0.1) is 0 Å². The molecule has 0 saturated carbocycles. The van der Waals surface area contributed by atoms with Crippen molar-refractivity contribution >= 4 is 28.3 Å². The lowest BCUT2D eigenvalue weighted by Gasteiger charge is -2.15. The summed E-state index contributed by atoms with van der Waals surface area (Å²) in [6.45, 7) is 5.30. The Morgan fingerprint density at radius 3 is 2.50 bits per heavy atom. The molecule has 0 radical (unpaired) electrons. The highest BCUT2D eigenvalue weighted by Gasteiger charge is 2.23. The molecule has 1 heterocycles. The van der Waals surface area contributed by atoms with Gasteiger partial charge in [-0.1, -0.05) is 30.3 Å². The number of nitrogens with one attached hydrogen (secondary N) is 1. The smallest absolute Gasteiger partial charge is 0.360 e. The van der Waals surface area contributed by atoms with Crippen LogP contribution in [0.3, 0.4) is 0 Å². The first-order valence-electron chi connectivity index (χ1n) is 8.83. The van der Waals surface area contributed by atoms with Crippen molar-refractivity contribution in [1.82, 2.24) is 9.78 Å². The fourth-order valence-corrected chi connectivity index (χ4v) is 2.83. The first-order valence-corrected chi connectivity index (χ1v) is 8.83. The molecule has 3 rings (SSSR count). The van der Waals surface area contributed by atoms with Crippen LogP contribution < -0.4 is 10.9 Å². The van der Waals surface area contributed by atoms with Crippen LogP contribution >= 0.6 is 0 Å². The zero-order valence-electron chi connectivity index (χ0n) is 16.1. The lowest BCUT2D eigenvalue weighted by atomic mass is 10.1. The third-order valence-corrected chi connectivity index (χ3v) is 4.45. The van der Waals surface area contributed by atoms with E-state index in [-0.39, 0.29) is 11.3 Å². The number of anilines is 1. The van der Waals surface area contributed by atoms with Gasteiger partial charge in [0.1, 0.15) is 0 Å². The summed E-state index contributed by atoms with van der Waals surface area (Å²) in [5, 5.41) is 7.54. The van der Waals surface area contributed by atoms with Crippen LogP contribution in [0.25, 0.3) is 10.8 Å². The number of hydrogen-bond donors (Lipinski definition) is 1. The molecule has 0 spiro atoms. The van der Waals surface area contributed by atoms with E-state index < -0.39 is 18.0 Å². The number of carbonyl (C=O) groups excluding carboxylic acids is 2. The van der Waals surface area contributed by atoms with E-state index in [0.717, 1.165) is 15.8 Å². The van der Waals surface area contributed by atoms with E-state index in [1.165, 1.54) is 14.0 Å². The van der Waals surface area contributed by atoms with Crippen molar-refractivity contribution < 1.29 is 14.3 Å². The summed E-state index contributed by atoms with van der Waals surface area (Å²) in [4.78, 5) is 37.3. The van der Waals surface area contributed by atoms with Crippen LogP contribution in [0.15, 0.2) is 47.3 Å². The summed E-state index contributed by atoms with van der Waals surface area (Å²) >= 11 is 0. The first-order chi connectivity index (χ1) is 13.3. The summed E-state index contributed by atoms with van der Waals surface area (Å²) in [7, 11) is 1.46. The number of aromatic nitrogens is 2. The number of benzene rings is 2. The lowest BCUT2D eigenvalue weighted by molar-refractivity contribution is -0.123. The Morgan fingerprint density at radius 1 is 1.11 bits per heavy atom. The number of nitrogens with zero attached hydrogens (tertiary/aromatic N) is 2. The minimum Gasteiger partial charge on any atom is -0.448 e. The topological polar surface area (TPSA) is 90.3 Å². The number of fused-ring (bicyclic) bond motifs is 1. The summed E-state index contributed by atoms with van der Waals surface area (Å²) in [5.74, 6) is -1.22. The fourth-order valence-electron chi connectivity index (χ4n) is 2.83. The fraction of sp³-hybridized carbons (Fsp3) is 0.238. The normalized spacial score (nSPS) is 11.9. The zero-order valence-corrected chi connectivity index (χ0v) is 16.1. The molecule has 144 valence electrons. The van der Waals surface area contributed by atoms with Gasteiger partial charge in [-0.2, -0.15) is 5.10 Å². The van der Waals surface area contributed by atoms with Gasteiger partial charge in [0.25, 0.3) is 11.5 Å². The molecular weight excluding hydrogens is 358 g/mol. The van der Waals surface area contributed by atoms with Crippen molar-refractivity contribution in [3.63, 3.8) is 0 Å². The van der Waals surface area contributed by atoms with Crippen molar-refractivity contribution in [2.75, 3.05) is 5.32 Å². The maximum absolute atomic E-state index is 12.6. The van der Waals surface area contributed by atoms with E-state index in [1.807, 2.05) is 32.0 Å². The predicted octanol–water partition coefficient (Wildman–Crippen LogP) is 2.73. The predicted molar refractivity (Wildman–Crippen MR) is 106 cm³/mol. The van der Waals surface area contributed by atoms with Gasteiger partial charge >= 0.3 is 5.97 Å². The van der Waals surface area contributed by atoms with E-state index in [2.05, 4.69) is 10.4 Å². The molecule has 0 fully saturated rings. The van der Waals surface area contributed by atoms with Crippen LogP contribution in [0, 0.1) is 13.8 Å². The molecule has 7 heteroatoms. The minimum atomic E-state index is -1.04. The molecule has 0 bridgehead atoms. The molecule has 0 aliphatic heterocycles. The standard InChI is InChI=1S/C21H21N3O4/c1-12-9-10-13(2)17(11-12)22-19(25)14(3)28-21(27)18-15-7-5-6-8-16(15)20(26)24(4)23-18/h5-11,14H,1-4H3,(H,22,25)/t14-/m0/s1. The second kappa shape index (κ2) is 7.64. The maximum Gasteiger partial charge on any atom is 0.360 e. The number of esters is 1. The van der Waals surface area contributed by atoms with E-state index >= 15 is 0 Å². The van der Waals surface area contributed by atoms with Crippen LogP contribution in [0.1, 0.15) is 28.5 Å². The lowest BCUT2D eigenvalue weighted by Crippen LogP contribution is -2.31. The van der Waals surface area contributed by atoms with E-state index in [1.54, 1.807) is 24.3 Å². The Hall–Kier alpha value is -3.48. The molecule has 0 aliphatic carbocycles. The number of rotatable bonds is 4. The van der Waals surface area contributed by atoms with Gasteiger partial charge in [-0.3, -0.25) is 9.59 Å². The van der Waals surface area contributed by atoms with Crippen LogP contribution in [-0.2, 0) is 16.6 Å². The maximum atomic E-state index is 12.6. The molecule has 0 saturated heterocycles. The van der Waals surface area contributed by atoms with Crippen LogP contribution in [0.2, 0.25) is 0 Å². The second-order valence-corrected chi connectivity index (χ2v) is 6.68. The highest BCUT2D eigenvalue weighted by Crippen LogP contribution is 2.18. The monoisotopic (exact) mass is 379 g/mol. The van der Waals surface area contributed by atoms with Crippen LogP contribution in [0.5, 0.6) is 0 Å². The van der Waals surface area contributed by atoms with Crippen molar-refractivity contribution in [2.45, 2.75) is 26.9 Å². The van der Waals surface area contributed by atoms with Gasteiger partial charge in [0.2, 0.25) is 0 Å². The van der Waals surface area contributed by atoms with Crippen LogP contribution in [0.4, 0.5) is 5.69 Å². The van der Waals surface area contributed by atoms with Crippen LogP contribution in [-0.4, -0.2) is 27.8 Å². The molecule has 3 aromatic rings. The summed E-state index contributed by atoms with van der Waals surface area (Å²) in [6, 6.07) is 12.4. The first kappa shape index (κ1) is 19.3. The number of carbonyl (C=O) groups is 2. The average molecular weight is 379 g/mol. The Balaban J connectivity index is 1.82. The molecule has 28 heavy (non-hydrogen) atoms. The van der Waals surface area contributed by atoms with Crippen molar-refractivity contribution in [1.29, 1.82) is 0 Å². The molecule has 1 N–H and O–H groups in total. The average Bonchev–Trinajstić information content (AvgIpc) is 2.67. The molecule has 1 atom stereocenters. The van der Waals surface area contributed by atoms with Gasteiger partial charge in [0, 0.05) is 18.1 Å². The number of amides is 1. The van der Waals surface area contributed by atoms with Crippen molar-refractivity contribution in [3.8, 4) is 0 Å². The minimum absolute atomic E-state index is 0.0101. The Bertz CT molecular complexity index is 1130. The molecule has 1 aromatic heterocycles. The summed E-state index contributed by atoms with van der Waals surface area (Å²) in [5.41, 5.74) is 2.25. The van der Waals surface area contributed by atoms with Gasteiger partial charge in [0.05, 0.1) is 5.39 Å². The molecule has 0 aliphatic rings. The molecular formula is C21H21N3O4. The number of hydrogen-bond acceptors (Lipinski definition) is 5. The summed E-state index contributed by atoms with van der Waals surface area (Å²) < 4.78 is 6.40. The molecule has 7 nitrogen and oxygen atoms in total. The molecule has 0 unspecified atom stereocenters. The Kier molecular flexibility index (Phi) is 5.26. The second-order valence-electron chi connectivity index (χ2n) is 6.68. The highest BCUT2D eigenvalue weighted by molar-refractivity contribution is 6.03.